The minimum atomic E-state index is -3.63. The zero-order chi connectivity index (χ0) is 13.2. The molecule has 0 aliphatic carbocycles. The molecule has 0 bridgehead atoms. The standard InChI is InChI=1S/C11H14N2O3S2/c1-3-6-17-11-12-9-5-4-8(16-2)7-10(9)18(14,15)13-11/h4-5,7H,3,6H2,1-2H3,(H,12,13). The van der Waals surface area contributed by atoms with Gasteiger partial charge < -0.3 is 10.1 Å². The zero-order valence-corrected chi connectivity index (χ0v) is 11.8. The average molecular weight is 286 g/mol. The molecule has 1 aliphatic heterocycles. The summed E-state index contributed by atoms with van der Waals surface area (Å²) in [6.07, 6.45) is 0.959. The second kappa shape index (κ2) is 5.19. The minimum Gasteiger partial charge on any atom is -0.497 e. The number of ether oxygens (including phenoxy) is 1. The van der Waals surface area contributed by atoms with Crippen molar-refractivity contribution in [2.24, 2.45) is 4.40 Å². The van der Waals surface area contributed by atoms with Gasteiger partial charge in [0.25, 0.3) is 10.0 Å². The van der Waals surface area contributed by atoms with E-state index >= 15 is 0 Å². The van der Waals surface area contributed by atoms with Crippen LogP contribution in [0.25, 0.3) is 0 Å². The van der Waals surface area contributed by atoms with Crippen LogP contribution in [0.4, 0.5) is 5.69 Å². The first kappa shape index (κ1) is 13.2. The molecule has 0 saturated carbocycles. The lowest BCUT2D eigenvalue weighted by atomic mass is 10.3. The Labute approximate surface area is 111 Å². The summed E-state index contributed by atoms with van der Waals surface area (Å²) in [5, 5.41) is 3.44. The highest BCUT2D eigenvalue weighted by atomic mass is 32.2. The van der Waals surface area contributed by atoms with Crippen LogP contribution in [0.5, 0.6) is 5.75 Å². The van der Waals surface area contributed by atoms with Crippen molar-refractivity contribution < 1.29 is 13.2 Å². The Kier molecular flexibility index (Phi) is 3.82. The van der Waals surface area contributed by atoms with E-state index in [4.69, 9.17) is 4.74 Å². The molecule has 5 nitrogen and oxygen atoms in total. The van der Waals surface area contributed by atoms with Gasteiger partial charge in [0.2, 0.25) is 0 Å². The van der Waals surface area contributed by atoms with Crippen LogP contribution in [0.15, 0.2) is 27.5 Å². The smallest absolute Gasteiger partial charge is 0.286 e. The Bertz CT molecular complexity index is 582. The number of rotatable bonds is 3. The van der Waals surface area contributed by atoms with Gasteiger partial charge in [0, 0.05) is 11.8 Å². The Morgan fingerprint density at radius 2 is 2.22 bits per heavy atom. The third-order valence-corrected chi connectivity index (χ3v) is 4.87. The molecule has 0 spiro atoms. The molecule has 18 heavy (non-hydrogen) atoms. The van der Waals surface area contributed by atoms with Crippen LogP contribution in [0.1, 0.15) is 13.3 Å². The highest BCUT2D eigenvalue weighted by Gasteiger charge is 2.25. The van der Waals surface area contributed by atoms with Crippen molar-refractivity contribution in [3.05, 3.63) is 18.2 Å². The van der Waals surface area contributed by atoms with Crippen molar-refractivity contribution in [2.75, 3.05) is 18.2 Å². The molecule has 0 aromatic heterocycles. The normalized spacial score (nSPS) is 16.4. The number of thioether (sulfide) groups is 1. The summed E-state index contributed by atoms with van der Waals surface area (Å²) in [6.45, 7) is 2.03. The summed E-state index contributed by atoms with van der Waals surface area (Å²) in [5.41, 5.74) is 0.546. The average Bonchev–Trinajstić information content (AvgIpc) is 2.35. The maximum Gasteiger partial charge on any atom is 0.286 e. The molecule has 1 aromatic rings. The van der Waals surface area contributed by atoms with Gasteiger partial charge in [0.1, 0.15) is 10.6 Å². The van der Waals surface area contributed by atoms with E-state index in [0.717, 1.165) is 12.2 Å². The van der Waals surface area contributed by atoms with Gasteiger partial charge in [-0.15, -0.1) is 4.40 Å². The Balaban J connectivity index is 2.39. The quantitative estimate of drug-likeness (QED) is 0.923. The molecule has 98 valence electrons. The molecular weight excluding hydrogens is 272 g/mol. The van der Waals surface area contributed by atoms with Gasteiger partial charge in [-0.2, -0.15) is 8.42 Å². The van der Waals surface area contributed by atoms with E-state index < -0.39 is 10.0 Å². The van der Waals surface area contributed by atoms with Crippen molar-refractivity contribution in [1.82, 2.24) is 0 Å². The Morgan fingerprint density at radius 1 is 1.44 bits per heavy atom. The number of nitrogens with zero attached hydrogens (tertiary/aromatic N) is 1. The maximum absolute atomic E-state index is 12.0. The molecule has 0 fully saturated rings. The van der Waals surface area contributed by atoms with E-state index in [1.165, 1.54) is 24.9 Å². The lowest BCUT2D eigenvalue weighted by molar-refractivity contribution is 0.413. The topological polar surface area (TPSA) is 67.8 Å². The Hall–Kier alpha value is -1.21. The molecular formula is C11H14N2O3S2. The summed E-state index contributed by atoms with van der Waals surface area (Å²) >= 11 is 1.40. The summed E-state index contributed by atoms with van der Waals surface area (Å²) in [5.74, 6) is 1.33. The lowest BCUT2D eigenvalue weighted by Crippen LogP contribution is -2.19. The Morgan fingerprint density at radius 3 is 2.89 bits per heavy atom. The van der Waals surface area contributed by atoms with Crippen molar-refractivity contribution in [2.45, 2.75) is 18.2 Å². The van der Waals surface area contributed by atoms with Gasteiger partial charge in [0.05, 0.1) is 12.8 Å². The van der Waals surface area contributed by atoms with E-state index in [2.05, 4.69) is 9.71 Å². The van der Waals surface area contributed by atoms with Crippen LogP contribution < -0.4 is 10.1 Å². The van der Waals surface area contributed by atoms with Crippen molar-refractivity contribution in [3.63, 3.8) is 0 Å². The predicted molar refractivity (Wildman–Crippen MR) is 74.0 cm³/mol. The van der Waals surface area contributed by atoms with Gasteiger partial charge in [-0.25, -0.2) is 0 Å². The van der Waals surface area contributed by atoms with Gasteiger partial charge in [-0.1, -0.05) is 18.7 Å². The number of nitrogens with one attached hydrogen (secondary N) is 1. The second-order valence-electron chi connectivity index (χ2n) is 3.71. The molecule has 0 atom stereocenters. The first-order valence-corrected chi connectivity index (χ1v) is 7.92. The van der Waals surface area contributed by atoms with E-state index in [9.17, 15) is 8.42 Å². The highest BCUT2D eigenvalue weighted by molar-refractivity contribution is 8.14. The number of fused-ring (bicyclic) bond motifs is 1. The molecule has 0 unspecified atom stereocenters. The predicted octanol–water partition coefficient (Wildman–Crippen LogP) is 2.31. The molecule has 1 heterocycles. The summed E-state index contributed by atoms with van der Waals surface area (Å²) < 4.78 is 32.8. The van der Waals surface area contributed by atoms with Gasteiger partial charge in [-0.05, 0) is 18.6 Å². The van der Waals surface area contributed by atoms with Crippen LogP contribution in [0, 0.1) is 0 Å². The van der Waals surface area contributed by atoms with E-state index in [1.54, 1.807) is 12.1 Å². The van der Waals surface area contributed by atoms with Crippen molar-refractivity contribution in [3.8, 4) is 5.75 Å². The third-order valence-electron chi connectivity index (χ3n) is 2.35. The molecule has 0 amide bonds. The van der Waals surface area contributed by atoms with E-state index in [-0.39, 0.29) is 4.90 Å². The summed E-state index contributed by atoms with van der Waals surface area (Å²) in [7, 11) is -2.13. The van der Waals surface area contributed by atoms with Crippen molar-refractivity contribution in [1.29, 1.82) is 0 Å². The third kappa shape index (κ3) is 2.62. The van der Waals surface area contributed by atoms with Crippen LogP contribution in [0.3, 0.4) is 0 Å². The molecule has 1 N–H and O–H groups in total. The zero-order valence-electron chi connectivity index (χ0n) is 10.1. The fraction of sp³-hybridized carbons (Fsp3) is 0.364. The molecule has 1 aromatic carbocycles. The van der Waals surface area contributed by atoms with Gasteiger partial charge in [-0.3, -0.25) is 0 Å². The first-order chi connectivity index (χ1) is 8.56. The number of sulfonamides is 1. The monoisotopic (exact) mass is 286 g/mol. The number of amidine groups is 1. The minimum absolute atomic E-state index is 0.155. The van der Waals surface area contributed by atoms with Gasteiger partial charge in [0.15, 0.2) is 5.17 Å². The number of anilines is 1. The summed E-state index contributed by atoms with van der Waals surface area (Å²) in [6, 6.07) is 4.88. The highest BCUT2D eigenvalue weighted by Crippen LogP contribution is 2.32. The summed E-state index contributed by atoms with van der Waals surface area (Å²) in [4.78, 5) is 0.155. The van der Waals surface area contributed by atoms with Crippen molar-refractivity contribution >= 4 is 32.6 Å². The molecule has 7 heteroatoms. The maximum atomic E-state index is 12.0. The number of methoxy groups -OCH3 is 1. The van der Waals surface area contributed by atoms with Crippen LogP contribution in [-0.4, -0.2) is 26.4 Å². The van der Waals surface area contributed by atoms with Crippen LogP contribution in [-0.2, 0) is 10.0 Å². The van der Waals surface area contributed by atoms with Crippen LogP contribution >= 0.6 is 11.8 Å². The first-order valence-electron chi connectivity index (χ1n) is 5.49. The second-order valence-corrected chi connectivity index (χ2v) is 6.36. The van der Waals surface area contributed by atoms with Crippen LogP contribution in [0.2, 0.25) is 0 Å². The fourth-order valence-corrected chi connectivity index (χ4v) is 3.61. The number of hydrogen-bond donors (Lipinski definition) is 1. The molecule has 1 aliphatic rings. The number of hydrogen-bond acceptors (Lipinski definition) is 5. The van der Waals surface area contributed by atoms with E-state index in [0.29, 0.717) is 16.6 Å². The molecule has 2 rings (SSSR count). The molecule has 0 radical (unpaired) electrons. The fourth-order valence-electron chi connectivity index (χ4n) is 1.50. The van der Waals surface area contributed by atoms with Gasteiger partial charge >= 0.3 is 0 Å². The lowest BCUT2D eigenvalue weighted by Gasteiger charge is -2.18. The van der Waals surface area contributed by atoms with E-state index in [1.807, 2.05) is 6.92 Å². The SMILES string of the molecule is CCCSC1=NS(=O)(=O)c2cc(OC)ccc2N1. The number of benzene rings is 1. The molecule has 0 saturated heterocycles. The largest absolute Gasteiger partial charge is 0.497 e.